The van der Waals surface area contributed by atoms with E-state index in [1.807, 2.05) is 43.3 Å². The fourth-order valence-corrected chi connectivity index (χ4v) is 2.24. The van der Waals surface area contributed by atoms with Crippen LogP contribution in [0.4, 0.5) is 5.69 Å². The van der Waals surface area contributed by atoms with Crippen molar-refractivity contribution < 1.29 is 9.15 Å². The average molecular weight is 268 g/mol. The topological polar surface area (TPSA) is 61.3 Å². The first-order valence-electron chi connectivity index (χ1n) is 6.44. The molecule has 0 unspecified atom stereocenters. The molecular formula is C16H16N2O2. The van der Waals surface area contributed by atoms with Crippen LogP contribution in [-0.2, 0) is 6.42 Å². The Kier molecular flexibility index (Phi) is 3.06. The fourth-order valence-electron chi connectivity index (χ4n) is 2.24. The van der Waals surface area contributed by atoms with Crippen LogP contribution >= 0.6 is 0 Å². The molecule has 102 valence electrons. The maximum atomic E-state index is 5.95. The van der Waals surface area contributed by atoms with Crippen LogP contribution in [0.5, 0.6) is 5.75 Å². The summed E-state index contributed by atoms with van der Waals surface area (Å²) < 4.78 is 10.9. The average Bonchev–Trinajstić information content (AvgIpc) is 2.82. The molecule has 0 aliphatic rings. The van der Waals surface area contributed by atoms with Gasteiger partial charge in [0.15, 0.2) is 11.5 Å². The largest absolute Gasteiger partial charge is 0.497 e. The van der Waals surface area contributed by atoms with Crippen molar-refractivity contribution in [2.45, 2.75) is 13.3 Å². The Hall–Kier alpha value is -2.49. The lowest BCUT2D eigenvalue weighted by Gasteiger charge is -2.00. The zero-order valence-electron chi connectivity index (χ0n) is 11.5. The second kappa shape index (κ2) is 4.89. The zero-order valence-corrected chi connectivity index (χ0v) is 11.5. The normalized spacial score (nSPS) is 10.9. The maximum Gasteiger partial charge on any atom is 0.200 e. The van der Waals surface area contributed by atoms with E-state index >= 15 is 0 Å². The van der Waals surface area contributed by atoms with E-state index < -0.39 is 0 Å². The summed E-state index contributed by atoms with van der Waals surface area (Å²) in [5, 5.41) is 0. The first-order valence-corrected chi connectivity index (χ1v) is 6.44. The number of aryl methyl sites for hydroxylation is 1. The predicted molar refractivity (Wildman–Crippen MR) is 79.0 cm³/mol. The molecule has 0 saturated heterocycles. The van der Waals surface area contributed by atoms with Crippen molar-refractivity contribution in [1.29, 1.82) is 0 Å². The first-order chi connectivity index (χ1) is 9.65. The smallest absolute Gasteiger partial charge is 0.200 e. The summed E-state index contributed by atoms with van der Waals surface area (Å²) in [5.41, 5.74) is 10.3. The third-order valence-corrected chi connectivity index (χ3v) is 3.22. The Morgan fingerprint density at radius 1 is 1.20 bits per heavy atom. The van der Waals surface area contributed by atoms with E-state index in [-0.39, 0.29) is 0 Å². The van der Waals surface area contributed by atoms with Gasteiger partial charge in [-0.1, -0.05) is 12.1 Å². The molecule has 4 nitrogen and oxygen atoms in total. The standard InChI is InChI=1S/C16H16N2O2/c1-10-7-13(17)16-14(8-10)18-15(20-16)9-11-3-5-12(19-2)6-4-11/h3-8H,9,17H2,1-2H3. The number of benzene rings is 2. The second-order valence-corrected chi connectivity index (χ2v) is 4.83. The number of oxazole rings is 1. The highest BCUT2D eigenvalue weighted by molar-refractivity contribution is 5.85. The van der Waals surface area contributed by atoms with Crippen LogP contribution in [0.25, 0.3) is 11.1 Å². The molecule has 0 aliphatic heterocycles. The van der Waals surface area contributed by atoms with Gasteiger partial charge < -0.3 is 14.9 Å². The van der Waals surface area contributed by atoms with Crippen molar-refractivity contribution in [2.75, 3.05) is 12.8 Å². The molecule has 0 saturated carbocycles. The van der Waals surface area contributed by atoms with Crippen LogP contribution in [0.2, 0.25) is 0 Å². The number of fused-ring (bicyclic) bond motifs is 1. The van der Waals surface area contributed by atoms with Crippen molar-refractivity contribution >= 4 is 16.8 Å². The maximum absolute atomic E-state index is 5.95. The monoisotopic (exact) mass is 268 g/mol. The van der Waals surface area contributed by atoms with E-state index in [9.17, 15) is 0 Å². The van der Waals surface area contributed by atoms with E-state index in [0.29, 0.717) is 23.6 Å². The quantitative estimate of drug-likeness (QED) is 0.740. The van der Waals surface area contributed by atoms with Crippen LogP contribution in [0, 0.1) is 6.92 Å². The molecular weight excluding hydrogens is 252 g/mol. The predicted octanol–water partition coefficient (Wildman–Crippen LogP) is 3.32. The molecule has 20 heavy (non-hydrogen) atoms. The number of aromatic nitrogens is 1. The highest BCUT2D eigenvalue weighted by Gasteiger charge is 2.10. The Morgan fingerprint density at radius 3 is 2.65 bits per heavy atom. The molecule has 0 fully saturated rings. The highest BCUT2D eigenvalue weighted by Crippen LogP contribution is 2.25. The first kappa shape index (κ1) is 12.5. The molecule has 1 aromatic heterocycles. The lowest BCUT2D eigenvalue weighted by atomic mass is 10.1. The molecule has 1 heterocycles. The molecule has 0 atom stereocenters. The van der Waals surface area contributed by atoms with Crippen molar-refractivity contribution in [3.63, 3.8) is 0 Å². The Morgan fingerprint density at radius 2 is 1.95 bits per heavy atom. The van der Waals surface area contributed by atoms with Crippen molar-refractivity contribution in [2.24, 2.45) is 0 Å². The van der Waals surface area contributed by atoms with E-state index in [1.54, 1.807) is 7.11 Å². The van der Waals surface area contributed by atoms with Gasteiger partial charge in [-0.3, -0.25) is 0 Å². The van der Waals surface area contributed by atoms with Gasteiger partial charge in [-0.15, -0.1) is 0 Å². The third-order valence-electron chi connectivity index (χ3n) is 3.22. The minimum atomic E-state index is 0.633. The molecule has 4 heteroatoms. The van der Waals surface area contributed by atoms with E-state index in [4.69, 9.17) is 14.9 Å². The van der Waals surface area contributed by atoms with Crippen LogP contribution in [0.15, 0.2) is 40.8 Å². The summed E-state index contributed by atoms with van der Waals surface area (Å²) in [7, 11) is 1.65. The van der Waals surface area contributed by atoms with Crippen LogP contribution < -0.4 is 10.5 Å². The third kappa shape index (κ3) is 2.32. The molecule has 2 aromatic carbocycles. The van der Waals surface area contributed by atoms with Crippen LogP contribution in [0.1, 0.15) is 17.0 Å². The number of nitrogens with two attached hydrogens (primary N) is 1. The van der Waals surface area contributed by atoms with E-state index in [1.165, 1.54) is 0 Å². The molecule has 3 aromatic rings. The second-order valence-electron chi connectivity index (χ2n) is 4.83. The summed E-state index contributed by atoms with van der Waals surface area (Å²) in [6.07, 6.45) is 0.636. The SMILES string of the molecule is COc1ccc(Cc2nc3cc(C)cc(N)c3o2)cc1. The van der Waals surface area contributed by atoms with Gasteiger partial charge >= 0.3 is 0 Å². The molecule has 2 N–H and O–H groups in total. The van der Waals surface area contributed by atoms with Crippen LogP contribution in [0.3, 0.4) is 0 Å². The van der Waals surface area contributed by atoms with Gasteiger partial charge in [-0.05, 0) is 42.3 Å². The molecule has 0 bridgehead atoms. The van der Waals surface area contributed by atoms with E-state index in [0.717, 1.165) is 22.4 Å². The Bertz CT molecular complexity index is 745. The fraction of sp³-hybridized carbons (Fsp3) is 0.188. The highest BCUT2D eigenvalue weighted by atomic mass is 16.5. The van der Waals surface area contributed by atoms with Gasteiger partial charge in [0.2, 0.25) is 0 Å². The number of anilines is 1. The molecule has 0 amide bonds. The summed E-state index contributed by atoms with van der Waals surface area (Å²) in [6.45, 7) is 1.99. The lowest BCUT2D eigenvalue weighted by Crippen LogP contribution is -1.88. The number of rotatable bonds is 3. The van der Waals surface area contributed by atoms with Gasteiger partial charge in [0, 0.05) is 6.42 Å². The number of nitrogens with zero attached hydrogens (tertiary/aromatic N) is 1. The lowest BCUT2D eigenvalue weighted by molar-refractivity contribution is 0.414. The van der Waals surface area contributed by atoms with Gasteiger partial charge in [-0.2, -0.15) is 0 Å². The van der Waals surface area contributed by atoms with E-state index in [2.05, 4.69) is 4.98 Å². The summed E-state index contributed by atoms with van der Waals surface area (Å²) in [4.78, 5) is 4.49. The minimum absolute atomic E-state index is 0.633. The van der Waals surface area contributed by atoms with Crippen LogP contribution in [-0.4, -0.2) is 12.1 Å². The molecule has 0 radical (unpaired) electrons. The summed E-state index contributed by atoms with van der Waals surface area (Å²) >= 11 is 0. The zero-order chi connectivity index (χ0) is 14.1. The van der Waals surface area contributed by atoms with Gasteiger partial charge in [0.25, 0.3) is 0 Å². The van der Waals surface area contributed by atoms with Crippen molar-refractivity contribution in [3.05, 3.63) is 53.4 Å². The van der Waals surface area contributed by atoms with Gasteiger partial charge in [-0.25, -0.2) is 4.98 Å². The van der Waals surface area contributed by atoms with Crippen molar-refractivity contribution in [1.82, 2.24) is 4.98 Å². The molecule has 3 rings (SSSR count). The minimum Gasteiger partial charge on any atom is -0.497 e. The molecule has 0 aliphatic carbocycles. The van der Waals surface area contributed by atoms with Gasteiger partial charge in [0.05, 0.1) is 12.8 Å². The summed E-state index contributed by atoms with van der Waals surface area (Å²) in [6, 6.07) is 11.7. The Balaban J connectivity index is 1.92. The number of nitrogen functional groups attached to an aromatic ring is 1. The van der Waals surface area contributed by atoms with Gasteiger partial charge in [0.1, 0.15) is 11.3 Å². The number of methoxy groups -OCH3 is 1. The number of hydrogen-bond acceptors (Lipinski definition) is 4. The molecule has 0 spiro atoms. The van der Waals surface area contributed by atoms with Crippen molar-refractivity contribution in [3.8, 4) is 5.75 Å². The summed E-state index contributed by atoms with van der Waals surface area (Å²) in [5.74, 6) is 1.51. The number of hydrogen-bond donors (Lipinski definition) is 1. The number of ether oxygens (including phenoxy) is 1. The Labute approximate surface area is 117 Å².